The summed E-state index contributed by atoms with van der Waals surface area (Å²) in [5.74, 6) is -1.35. The van der Waals surface area contributed by atoms with Crippen LogP contribution >= 0.6 is 35.3 Å². The highest BCUT2D eigenvalue weighted by Gasteiger charge is 2.39. The minimum Gasteiger partial charge on any atom is -0.480 e. The first kappa shape index (κ1) is 14.2. The molecule has 1 atom stereocenters. The molecule has 0 aliphatic carbocycles. The van der Waals surface area contributed by atoms with Crippen molar-refractivity contribution in [3.63, 3.8) is 0 Å². The predicted molar refractivity (Wildman–Crippen MR) is 81.0 cm³/mol. The van der Waals surface area contributed by atoms with Gasteiger partial charge < -0.3 is 5.11 Å². The van der Waals surface area contributed by atoms with Crippen molar-refractivity contribution >= 4 is 57.6 Å². The molecule has 4 nitrogen and oxygen atoms in total. The van der Waals surface area contributed by atoms with Crippen LogP contribution in [0.5, 0.6) is 0 Å². The van der Waals surface area contributed by atoms with Crippen molar-refractivity contribution in [2.75, 3.05) is 0 Å². The fraction of sp³-hybridized carbons (Fsp3) is 0.250. The second kappa shape index (κ2) is 5.85. The van der Waals surface area contributed by atoms with E-state index in [1.165, 1.54) is 16.2 Å². The van der Waals surface area contributed by atoms with Gasteiger partial charge in [0.25, 0.3) is 5.91 Å². The summed E-state index contributed by atoms with van der Waals surface area (Å²) in [4.78, 5) is 26.0. The number of carboxylic acids is 1. The van der Waals surface area contributed by atoms with Crippen LogP contribution in [0.4, 0.5) is 0 Å². The largest absolute Gasteiger partial charge is 0.480 e. The SMILES string of the molecule is CCC(C(=O)O)N1C(=O)/C(=C\c2cccs2)SC1=S. The van der Waals surface area contributed by atoms with E-state index in [9.17, 15) is 9.59 Å². The third-order valence-corrected chi connectivity index (χ3v) is 4.77. The zero-order valence-electron chi connectivity index (χ0n) is 10.0. The van der Waals surface area contributed by atoms with Gasteiger partial charge in [-0.1, -0.05) is 37.0 Å². The second-order valence-electron chi connectivity index (χ2n) is 3.83. The molecule has 2 heterocycles. The van der Waals surface area contributed by atoms with Gasteiger partial charge >= 0.3 is 5.97 Å². The minimum absolute atomic E-state index is 0.307. The van der Waals surface area contributed by atoms with Crippen LogP contribution < -0.4 is 0 Å². The zero-order chi connectivity index (χ0) is 14.0. The Labute approximate surface area is 124 Å². The molecule has 0 aromatic carbocycles. The Morgan fingerprint density at radius 1 is 1.63 bits per heavy atom. The maximum absolute atomic E-state index is 12.2. The molecule has 1 amide bonds. The average Bonchev–Trinajstić information content (AvgIpc) is 2.94. The predicted octanol–water partition coefficient (Wildman–Crippen LogP) is 2.81. The molecule has 1 aliphatic heterocycles. The van der Waals surface area contributed by atoms with Crippen molar-refractivity contribution in [2.24, 2.45) is 0 Å². The molecule has 1 fully saturated rings. The number of hydrogen-bond donors (Lipinski definition) is 1. The van der Waals surface area contributed by atoms with E-state index in [1.807, 2.05) is 17.5 Å². The molecule has 100 valence electrons. The fourth-order valence-corrected chi connectivity index (χ4v) is 3.80. The number of hydrogen-bond acceptors (Lipinski definition) is 5. The summed E-state index contributed by atoms with van der Waals surface area (Å²) in [6.07, 6.45) is 2.08. The summed E-state index contributed by atoms with van der Waals surface area (Å²) in [6.45, 7) is 1.72. The van der Waals surface area contributed by atoms with Gasteiger partial charge in [-0.2, -0.15) is 0 Å². The molecular formula is C12H11NO3S3. The van der Waals surface area contributed by atoms with Crippen molar-refractivity contribution in [1.82, 2.24) is 4.90 Å². The van der Waals surface area contributed by atoms with Crippen LogP contribution in [0.15, 0.2) is 22.4 Å². The maximum atomic E-state index is 12.2. The Morgan fingerprint density at radius 3 is 2.89 bits per heavy atom. The molecule has 1 aromatic heterocycles. The lowest BCUT2D eigenvalue weighted by Crippen LogP contribution is -2.43. The molecule has 0 bridgehead atoms. The minimum atomic E-state index is -1.03. The number of carbonyl (C=O) groups is 2. The molecule has 1 unspecified atom stereocenters. The highest BCUT2D eigenvalue weighted by Crippen LogP contribution is 2.35. The van der Waals surface area contributed by atoms with Gasteiger partial charge in [0.05, 0.1) is 4.91 Å². The summed E-state index contributed by atoms with van der Waals surface area (Å²) in [6, 6.07) is 2.90. The highest BCUT2D eigenvalue weighted by molar-refractivity contribution is 8.26. The number of aliphatic carboxylic acids is 1. The summed E-state index contributed by atoms with van der Waals surface area (Å²) >= 11 is 7.79. The normalized spacial score (nSPS) is 19.2. The summed E-state index contributed by atoms with van der Waals surface area (Å²) in [7, 11) is 0. The van der Waals surface area contributed by atoms with E-state index in [0.717, 1.165) is 16.6 Å². The molecule has 0 radical (unpaired) electrons. The summed E-state index contributed by atoms with van der Waals surface area (Å²) in [5.41, 5.74) is 0. The standard InChI is InChI=1S/C12H11NO3S3/c1-2-8(11(15)16)13-10(14)9(19-12(13)17)6-7-4-3-5-18-7/h3-6,8H,2H2,1H3,(H,15,16)/b9-6+. The van der Waals surface area contributed by atoms with Gasteiger partial charge in [0.2, 0.25) is 0 Å². The van der Waals surface area contributed by atoms with Crippen molar-refractivity contribution in [3.8, 4) is 0 Å². The van der Waals surface area contributed by atoms with Crippen LogP contribution in [0, 0.1) is 0 Å². The number of thiophene rings is 1. The van der Waals surface area contributed by atoms with Gasteiger partial charge in [-0.05, 0) is 23.9 Å². The van der Waals surface area contributed by atoms with E-state index in [-0.39, 0.29) is 5.91 Å². The van der Waals surface area contributed by atoms with Gasteiger partial charge in [-0.15, -0.1) is 11.3 Å². The van der Waals surface area contributed by atoms with Crippen LogP contribution in [-0.4, -0.2) is 32.2 Å². The Balaban J connectivity index is 2.28. The first-order valence-corrected chi connectivity index (χ1v) is 7.68. The third kappa shape index (κ3) is 2.88. The molecule has 1 aliphatic rings. The van der Waals surface area contributed by atoms with E-state index < -0.39 is 12.0 Å². The van der Waals surface area contributed by atoms with Gasteiger partial charge in [-0.25, -0.2) is 4.79 Å². The Hall–Kier alpha value is -1.18. The molecular weight excluding hydrogens is 302 g/mol. The number of carbonyl (C=O) groups excluding carboxylic acids is 1. The first-order chi connectivity index (χ1) is 9.04. The Morgan fingerprint density at radius 2 is 2.37 bits per heavy atom. The molecule has 0 spiro atoms. The maximum Gasteiger partial charge on any atom is 0.326 e. The van der Waals surface area contributed by atoms with Crippen molar-refractivity contribution < 1.29 is 14.7 Å². The quantitative estimate of drug-likeness (QED) is 0.684. The lowest BCUT2D eigenvalue weighted by molar-refractivity contribution is -0.145. The van der Waals surface area contributed by atoms with Gasteiger partial charge in [0, 0.05) is 4.88 Å². The lowest BCUT2D eigenvalue weighted by atomic mass is 10.2. The molecule has 19 heavy (non-hydrogen) atoms. The number of thioether (sulfide) groups is 1. The molecule has 1 aromatic rings. The summed E-state index contributed by atoms with van der Waals surface area (Å²) in [5, 5.41) is 11.0. The first-order valence-electron chi connectivity index (χ1n) is 5.58. The topological polar surface area (TPSA) is 57.6 Å². The van der Waals surface area contributed by atoms with Crippen molar-refractivity contribution in [3.05, 3.63) is 27.3 Å². The van der Waals surface area contributed by atoms with Crippen LogP contribution in [0.2, 0.25) is 0 Å². The Bertz CT molecular complexity index is 551. The zero-order valence-corrected chi connectivity index (χ0v) is 12.5. The van der Waals surface area contributed by atoms with E-state index in [0.29, 0.717) is 15.6 Å². The van der Waals surface area contributed by atoms with E-state index in [1.54, 1.807) is 13.0 Å². The molecule has 1 saturated heterocycles. The van der Waals surface area contributed by atoms with Crippen LogP contribution in [-0.2, 0) is 9.59 Å². The molecule has 7 heteroatoms. The number of amides is 1. The van der Waals surface area contributed by atoms with Crippen LogP contribution in [0.3, 0.4) is 0 Å². The van der Waals surface area contributed by atoms with Crippen LogP contribution in [0.1, 0.15) is 18.2 Å². The number of nitrogens with zero attached hydrogens (tertiary/aromatic N) is 1. The lowest BCUT2D eigenvalue weighted by Gasteiger charge is -2.21. The fourth-order valence-electron chi connectivity index (χ4n) is 1.72. The molecule has 2 rings (SSSR count). The van der Waals surface area contributed by atoms with E-state index in [2.05, 4.69) is 0 Å². The average molecular weight is 313 g/mol. The van der Waals surface area contributed by atoms with E-state index in [4.69, 9.17) is 17.3 Å². The van der Waals surface area contributed by atoms with Crippen LogP contribution in [0.25, 0.3) is 6.08 Å². The molecule has 1 N–H and O–H groups in total. The number of thiocarbonyl (C=S) groups is 1. The number of rotatable bonds is 4. The van der Waals surface area contributed by atoms with Gasteiger partial charge in [0.15, 0.2) is 0 Å². The number of carboxylic acid groups (broad SMARTS) is 1. The highest BCUT2D eigenvalue weighted by atomic mass is 32.2. The third-order valence-electron chi connectivity index (χ3n) is 2.62. The second-order valence-corrected chi connectivity index (χ2v) is 6.48. The smallest absolute Gasteiger partial charge is 0.326 e. The Kier molecular flexibility index (Phi) is 4.38. The molecule has 0 saturated carbocycles. The monoisotopic (exact) mass is 313 g/mol. The van der Waals surface area contributed by atoms with E-state index >= 15 is 0 Å². The van der Waals surface area contributed by atoms with Gasteiger partial charge in [0.1, 0.15) is 10.4 Å². The van der Waals surface area contributed by atoms with Crippen molar-refractivity contribution in [1.29, 1.82) is 0 Å². The summed E-state index contributed by atoms with van der Waals surface area (Å²) < 4.78 is 0.307. The van der Waals surface area contributed by atoms with Crippen molar-refractivity contribution in [2.45, 2.75) is 19.4 Å². The van der Waals surface area contributed by atoms with Gasteiger partial charge in [-0.3, -0.25) is 9.69 Å².